The molecule has 6 nitrogen and oxygen atoms in total. The highest BCUT2D eigenvalue weighted by molar-refractivity contribution is 5.71. The van der Waals surface area contributed by atoms with Crippen molar-refractivity contribution in [3.05, 3.63) is 0 Å². The Balaban J connectivity index is 4.31. The first-order chi connectivity index (χ1) is 27.9. The molecule has 0 saturated heterocycles. The second-order valence-electron chi connectivity index (χ2n) is 17.9. The maximum absolute atomic E-state index is 12.8. The zero-order valence-corrected chi connectivity index (χ0v) is 38.8. The largest absolute Gasteiger partial charge is 0.462 e. The summed E-state index contributed by atoms with van der Waals surface area (Å²) >= 11 is 0. The van der Waals surface area contributed by atoms with E-state index >= 15 is 0 Å². The third-order valence-electron chi connectivity index (χ3n) is 11.5. The first-order valence-corrected chi connectivity index (χ1v) is 25.4. The molecule has 0 bridgehead atoms. The van der Waals surface area contributed by atoms with Crippen LogP contribution in [-0.4, -0.2) is 37.2 Å². The van der Waals surface area contributed by atoms with Crippen molar-refractivity contribution in [3.8, 4) is 0 Å². The summed E-state index contributed by atoms with van der Waals surface area (Å²) in [4.78, 5) is 37.9. The van der Waals surface area contributed by atoms with Crippen LogP contribution in [0.2, 0.25) is 0 Å². The summed E-state index contributed by atoms with van der Waals surface area (Å²) in [5, 5.41) is 0. The summed E-state index contributed by atoms with van der Waals surface area (Å²) in [6.07, 6.45) is 46.6. The van der Waals surface area contributed by atoms with Crippen LogP contribution in [0.3, 0.4) is 0 Å². The van der Waals surface area contributed by atoms with Gasteiger partial charge in [0, 0.05) is 19.3 Å². The Labute approximate surface area is 355 Å². The average molecular weight is 807 g/mol. The lowest BCUT2D eigenvalue weighted by Crippen LogP contribution is -2.30. The minimum Gasteiger partial charge on any atom is -0.462 e. The Kier molecular flexibility index (Phi) is 44.2. The molecule has 0 aromatic carbocycles. The van der Waals surface area contributed by atoms with Gasteiger partial charge in [0.25, 0.3) is 0 Å². The van der Waals surface area contributed by atoms with Crippen LogP contribution in [0.15, 0.2) is 0 Å². The molecule has 0 aromatic heterocycles. The quantitative estimate of drug-likeness (QED) is 0.0346. The molecule has 0 heterocycles. The van der Waals surface area contributed by atoms with Crippen LogP contribution >= 0.6 is 0 Å². The molecule has 0 radical (unpaired) electrons. The molecule has 1 atom stereocenters. The van der Waals surface area contributed by atoms with E-state index in [9.17, 15) is 14.4 Å². The second kappa shape index (κ2) is 45.5. The summed E-state index contributed by atoms with van der Waals surface area (Å²) < 4.78 is 16.8. The van der Waals surface area contributed by atoms with E-state index in [4.69, 9.17) is 14.2 Å². The first-order valence-electron chi connectivity index (χ1n) is 25.4. The van der Waals surface area contributed by atoms with E-state index < -0.39 is 6.10 Å². The second-order valence-corrected chi connectivity index (χ2v) is 17.9. The summed E-state index contributed by atoms with van der Waals surface area (Å²) in [7, 11) is 0. The molecule has 0 spiro atoms. The fourth-order valence-electron chi connectivity index (χ4n) is 7.69. The lowest BCUT2D eigenvalue weighted by molar-refractivity contribution is -0.167. The molecule has 0 unspecified atom stereocenters. The summed E-state index contributed by atoms with van der Waals surface area (Å²) in [6, 6.07) is 0. The number of ether oxygens (including phenoxy) is 3. The fourth-order valence-corrected chi connectivity index (χ4v) is 7.69. The molecule has 0 aromatic rings. The predicted octanol–water partition coefficient (Wildman–Crippen LogP) is 16.3. The molecule has 0 fully saturated rings. The molecular formula is C51H98O6. The van der Waals surface area contributed by atoms with Gasteiger partial charge in [-0.3, -0.25) is 14.4 Å². The van der Waals surface area contributed by atoms with Gasteiger partial charge >= 0.3 is 17.9 Å². The van der Waals surface area contributed by atoms with Gasteiger partial charge in [-0.25, -0.2) is 0 Å². The van der Waals surface area contributed by atoms with Crippen LogP contribution in [0.25, 0.3) is 0 Å². The SMILES string of the molecule is CCCCCCCCCCCCCCCCCC(=O)O[C@H](COC(=O)CCCCCCCCCCCCCCC)COC(=O)CCCCCCCCCCC(C)C. The number of esters is 3. The number of hydrogen-bond acceptors (Lipinski definition) is 6. The third kappa shape index (κ3) is 45.3. The van der Waals surface area contributed by atoms with E-state index in [1.807, 2.05) is 0 Å². The number of carbonyl (C=O) groups excluding carboxylic acids is 3. The van der Waals surface area contributed by atoms with Gasteiger partial charge in [-0.05, 0) is 25.2 Å². The minimum absolute atomic E-state index is 0.0632. The van der Waals surface area contributed by atoms with Crippen molar-refractivity contribution in [1.29, 1.82) is 0 Å². The van der Waals surface area contributed by atoms with Crippen LogP contribution in [0.4, 0.5) is 0 Å². The molecule has 6 heteroatoms. The van der Waals surface area contributed by atoms with Crippen molar-refractivity contribution in [2.75, 3.05) is 13.2 Å². The third-order valence-corrected chi connectivity index (χ3v) is 11.5. The Bertz CT molecular complexity index is 857. The van der Waals surface area contributed by atoms with Crippen LogP contribution in [0, 0.1) is 5.92 Å². The predicted molar refractivity (Wildman–Crippen MR) is 243 cm³/mol. The Hall–Kier alpha value is -1.59. The molecule has 0 saturated carbocycles. The van der Waals surface area contributed by atoms with E-state index in [0.29, 0.717) is 19.3 Å². The fraction of sp³-hybridized carbons (Fsp3) is 0.941. The van der Waals surface area contributed by atoms with Gasteiger partial charge < -0.3 is 14.2 Å². The molecule has 0 aliphatic heterocycles. The van der Waals surface area contributed by atoms with Gasteiger partial charge in [-0.15, -0.1) is 0 Å². The maximum atomic E-state index is 12.8. The number of rotatable bonds is 46. The monoisotopic (exact) mass is 807 g/mol. The van der Waals surface area contributed by atoms with E-state index in [0.717, 1.165) is 63.7 Å². The van der Waals surface area contributed by atoms with Crippen LogP contribution in [0.1, 0.15) is 285 Å². The Morgan fingerprint density at radius 3 is 0.860 bits per heavy atom. The van der Waals surface area contributed by atoms with Crippen molar-refractivity contribution in [2.24, 2.45) is 5.92 Å². The topological polar surface area (TPSA) is 78.9 Å². The van der Waals surface area contributed by atoms with Gasteiger partial charge in [0.15, 0.2) is 6.10 Å². The van der Waals surface area contributed by atoms with Crippen LogP contribution in [0.5, 0.6) is 0 Å². The lowest BCUT2D eigenvalue weighted by Gasteiger charge is -2.18. The minimum atomic E-state index is -0.760. The van der Waals surface area contributed by atoms with E-state index in [1.54, 1.807) is 0 Å². The first kappa shape index (κ1) is 55.4. The number of unbranched alkanes of at least 4 members (excludes halogenated alkanes) is 33. The molecule has 0 aliphatic rings. The van der Waals surface area contributed by atoms with Crippen molar-refractivity contribution in [1.82, 2.24) is 0 Å². The van der Waals surface area contributed by atoms with Crippen LogP contribution in [-0.2, 0) is 28.6 Å². The van der Waals surface area contributed by atoms with Gasteiger partial charge in [-0.1, -0.05) is 246 Å². The highest BCUT2D eigenvalue weighted by Gasteiger charge is 2.19. The van der Waals surface area contributed by atoms with E-state index in [1.165, 1.54) is 180 Å². The molecule has 0 rings (SSSR count). The molecule has 338 valence electrons. The number of hydrogen-bond donors (Lipinski definition) is 0. The Morgan fingerprint density at radius 2 is 0.579 bits per heavy atom. The van der Waals surface area contributed by atoms with Gasteiger partial charge in [0.1, 0.15) is 13.2 Å². The van der Waals surface area contributed by atoms with Crippen molar-refractivity contribution in [2.45, 2.75) is 291 Å². The molecule has 0 aliphatic carbocycles. The maximum Gasteiger partial charge on any atom is 0.306 e. The Morgan fingerprint density at radius 1 is 0.333 bits per heavy atom. The van der Waals surface area contributed by atoms with Crippen molar-refractivity contribution >= 4 is 17.9 Å². The van der Waals surface area contributed by atoms with Crippen molar-refractivity contribution in [3.63, 3.8) is 0 Å². The van der Waals surface area contributed by atoms with E-state index in [2.05, 4.69) is 27.7 Å². The normalized spacial score (nSPS) is 11.9. The summed E-state index contributed by atoms with van der Waals surface area (Å²) in [6.45, 7) is 8.99. The molecule has 0 amide bonds. The smallest absolute Gasteiger partial charge is 0.306 e. The molecule has 57 heavy (non-hydrogen) atoms. The highest BCUT2D eigenvalue weighted by Crippen LogP contribution is 2.17. The number of carbonyl (C=O) groups is 3. The molecular weight excluding hydrogens is 709 g/mol. The van der Waals surface area contributed by atoms with E-state index in [-0.39, 0.29) is 31.1 Å². The zero-order chi connectivity index (χ0) is 41.7. The highest BCUT2D eigenvalue weighted by atomic mass is 16.6. The zero-order valence-electron chi connectivity index (χ0n) is 38.8. The van der Waals surface area contributed by atoms with Gasteiger partial charge in [-0.2, -0.15) is 0 Å². The van der Waals surface area contributed by atoms with Gasteiger partial charge in [0.2, 0.25) is 0 Å². The molecule has 0 N–H and O–H groups in total. The standard InChI is InChI=1S/C51H98O6/c1-5-7-9-11-13-15-17-19-20-22-24-26-32-36-40-44-51(54)57-48(46-56-50(53)43-39-35-31-28-27-29-33-37-41-47(3)4)45-55-49(52)42-38-34-30-25-23-21-18-16-14-12-10-8-6-2/h47-48H,5-46H2,1-4H3/t48-/m1/s1. The summed E-state index contributed by atoms with van der Waals surface area (Å²) in [5.41, 5.74) is 0. The summed E-state index contributed by atoms with van der Waals surface area (Å²) in [5.74, 6) is -0.0507. The average Bonchev–Trinajstić information content (AvgIpc) is 3.19. The van der Waals surface area contributed by atoms with Crippen LogP contribution < -0.4 is 0 Å². The lowest BCUT2D eigenvalue weighted by atomic mass is 10.0. The van der Waals surface area contributed by atoms with Gasteiger partial charge in [0.05, 0.1) is 0 Å². The van der Waals surface area contributed by atoms with Crippen molar-refractivity contribution < 1.29 is 28.6 Å².